The van der Waals surface area contributed by atoms with Gasteiger partial charge in [-0.05, 0) is 30.3 Å². The van der Waals surface area contributed by atoms with Crippen LogP contribution in [0.2, 0.25) is 5.02 Å². The molecule has 1 N–H and O–H groups in total. The summed E-state index contributed by atoms with van der Waals surface area (Å²) < 4.78 is 28.8. The van der Waals surface area contributed by atoms with Crippen LogP contribution in [0.25, 0.3) is 0 Å². The molecule has 1 saturated heterocycles. The summed E-state index contributed by atoms with van der Waals surface area (Å²) in [5.41, 5.74) is 0.429. The molecule has 0 spiro atoms. The molecule has 0 saturated carbocycles. The number of amides is 1. The van der Waals surface area contributed by atoms with Crippen LogP contribution in [0.1, 0.15) is 0 Å². The Morgan fingerprint density at radius 1 is 1.22 bits per heavy atom. The number of rotatable bonds is 6. The number of hydrogen-bond donors (Lipinski definition) is 1. The van der Waals surface area contributed by atoms with Crippen molar-refractivity contribution in [2.75, 3.05) is 42.9 Å². The Labute approximate surface area is 160 Å². The lowest BCUT2D eigenvalue weighted by molar-refractivity contribution is -0.117. The highest BCUT2D eigenvalue weighted by Crippen LogP contribution is 2.28. The number of carbonyl (C=O) groups is 1. The number of alkyl halides is 2. The molecule has 6 nitrogen and oxygen atoms in total. The smallest absolute Gasteiger partial charge is 0.387 e. The lowest BCUT2D eigenvalue weighted by Crippen LogP contribution is -2.48. The van der Waals surface area contributed by atoms with Gasteiger partial charge in [-0.25, -0.2) is 4.98 Å². The van der Waals surface area contributed by atoms with Crippen LogP contribution in [-0.4, -0.2) is 55.1 Å². The minimum atomic E-state index is -2.95. The van der Waals surface area contributed by atoms with E-state index in [-0.39, 0.29) is 23.2 Å². The molecule has 144 valence electrons. The Morgan fingerprint density at radius 3 is 2.63 bits per heavy atom. The van der Waals surface area contributed by atoms with Crippen molar-refractivity contribution in [1.82, 2.24) is 9.88 Å². The van der Waals surface area contributed by atoms with Crippen molar-refractivity contribution in [3.05, 3.63) is 47.6 Å². The Bertz CT molecular complexity index is 771. The number of nitrogens with zero attached hydrogens (tertiary/aromatic N) is 3. The van der Waals surface area contributed by atoms with E-state index < -0.39 is 6.61 Å². The fourth-order valence-corrected chi connectivity index (χ4v) is 3.07. The number of piperazine rings is 1. The van der Waals surface area contributed by atoms with Crippen LogP contribution < -0.4 is 15.0 Å². The zero-order valence-electron chi connectivity index (χ0n) is 14.4. The van der Waals surface area contributed by atoms with E-state index in [1.54, 1.807) is 6.20 Å². The summed E-state index contributed by atoms with van der Waals surface area (Å²) in [6, 6.07) is 9.95. The van der Waals surface area contributed by atoms with Gasteiger partial charge in [0.2, 0.25) is 5.91 Å². The highest BCUT2D eigenvalue weighted by Gasteiger charge is 2.20. The first-order chi connectivity index (χ1) is 13.0. The molecule has 27 heavy (non-hydrogen) atoms. The van der Waals surface area contributed by atoms with Gasteiger partial charge in [-0.1, -0.05) is 17.7 Å². The van der Waals surface area contributed by atoms with Gasteiger partial charge in [0, 0.05) is 38.1 Å². The Balaban J connectivity index is 1.48. The monoisotopic (exact) mass is 396 g/mol. The van der Waals surface area contributed by atoms with Crippen molar-refractivity contribution in [3.8, 4) is 5.75 Å². The number of anilines is 2. The van der Waals surface area contributed by atoms with Gasteiger partial charge in [-0.2, -0.15) is 8.78 Å². The van der Waals surface area contributed by atoms with Crippen LogP contribution in [0, 0.1) is 0 Å². The van der Waals surface area contributed by atoms with Gasteiger partial charge in [0.15, 0.2) is 0 Å². The van der Waals surface area contributed by atoms with E-state index in [0.29, 0.717) is 5.69 Å². The summed E-state index contributed by atoms with van der Waals surface area (Å²) >= 11 is 5.89. The molecule has 0 radical (unpaired) electrons. The Kier molecular flexibility index (Phi) is 6.41. The summed E-state index contributed by atoms with van der Waals surface area (Å²) in [4.78, 5) is 20.8. The van der Waals surface area contributed by atoms with Crippen LogP contribution in [0.5, 0.6) is 5.75 Å². The number of nitrogens with one attached hydrogen (secondary N) is 1. The maximum Gasteiger partial charge on any atom is 0.387 e. The van der Waals surface area contributed by atoms with Crippen molar-refractivity contribution in [3.63, 3.8) is 0 Å². The van der Waals surface area contributed by atoms with E-state index in [0.717, 1.165) is 32.0 Å². The molecular formula is C18H19ClF2N4O2. The predicted octanol–water partition coefficient (Wildman–Crippen LogP) is 3.10. The predicted molar refractivity (Wildman–Crippen MR) is 99.6 cm³/mol. The largest absolute Gasteiger partial charge is 0.433 e. The van der Waals surface area contributed by atoms with Gasteiger partial charge in [-0.3, -0.25) is 9.69 Å². The van der Waals surface area contributed by atoms with Gasteiger partial charge in [0.05, 0.1) is 11.6 Å². The third-order valence-electron chi connectivity index (χ3n) is 4.14. The van der Waals surface area contributed by atoms with Crippen LogP contribution in [0.4, 0.5) is 20.3 Å². The number of halogens is 3. The molecule has 2 aromatic rings. The third kappa shape index (κ3) is 5.51. The Hall–Kier alpha value is -2.45. The van der Waals surface area contributed by atoms with Gasteiger partial charge in [0.25, 0.3) is 0 Å². The molecule has 0 bridgehead atoms. The second-order valence-electron chi connectivity index (χ2n) is 6.02. The molecule has 3 rings (SSSR count). The van der Waals surface area contributed by atoms with Crippen LogP contribution in [0.3, 0.4) is 0 Å². The molecule has 1 aliphatic rings. The quantitative estimate of drug-likeness (QED) is 0.813. The summed E-state index contributed by atoms with van der Waals surface area (Å²) in [5, 5.41) is 2.73. The molecule has 1 aromatic carbocycles. The van der Waals surface area contributed by atoms with Gasteiger partial charge >= 0.3 is 6.61 Å². The summed E-state index contributed by atoms with van der Waals surface area (Å²) in [6.07, 6.45) is 1.76. The second kappa shape index (κ2) is 8.96. The van der Waals surface area contributed by atoms with Crippen molar-refractivity contribution >= 4 is 29.0 Å². The van der Waals surface area contributed by atoms with E-state index >= 15 is 0 Å². The van der Waals surface area contributed by atoms with Crippen molar-refractivity contribution in [2.24, 2.45) is 0 Å². The summed E-state index contributed by atoms with van der Waals surface area (Å²) in [6.45, 7) is 0.347. The molecule has 2 heterocycles. The molecule has 1 aliphatic heterocycles. The molecule has 1 aromatic heterocycles. The van der Waals surface area contributed by atoms with Crippen molar-refractivity contribution < 1.29 is 18.3 Å². The standard InChI is InChI=1S/C18H19ClF2N4O2/c19-14-11-13(4-5-15(14)27-18(20)21)23-17(26)12-24-7-9-25(10-8-24)16-3-1-2-6-22-16/h1-6,11,18H,7-10,12H2,(H,23,26). The highest BCUT2D eigenvalue weighted by atomic mass is 35.5. The van der Waals surface area contributed by atoms with Gasteiger partial charge in [-0.15, -0.1) is 0 Å². The SMILES string of the molecule is O=C(CN1CCN(c2ccccn2)CC1)Nc1ccc(OC(F)F)c(Cl)c1. The maximum absolute atomic E-state index is 12.2. The molecule has 0 unspecified atom stereocenters. The topological polar surface area (TPSA) is 57.7 Å². The average molecular weight is 397 g/mol. The second-order valence-corrected chi connectivity index (χ2v) is 6.43. The molecule has 0 aliphatic carbocycles. The van der Waals surface area contributed by atoms with Crippen molar-refractivity contribution in [2.45, 2.75) is 6.61 Å². The third-order valence-corrected chi connectivity index (χ3v) is 4.44. The van der Waals surface area contributed by atoms with Gasteiger partial charge in [0.1, 0.15) is 11.6 Å². The normalized spacial score (nSPS) is 15.0. The summed E-state index contributed by atoms with van der Waals surface area (Å²) in [5.74, 6) is 0.609. The van der Waals surface area contributed by atoms with E-state index in [2.05, 4.69) is 19.9 Å². The first-order valence-corrected chi connectivity index (χ1v) is 8.81. The number of pyridine rings is 1. The van der Waals surface area contributed by atoms with Crippen LogP contribution >= 0.6 is 11.6 Å². The fourth-order valence-electron chi connectivity index (χ4n) is 2.85. The number of ether oxygens (including phenoxy) is 1. The number of hydrogen-bond acceptors (Lipinski definition) is 5. The van der Waals surface area contributed by atoms with E-state index in [9.17, 15) is 13.6 Å². The lowest BCUT2D eigenvalue weighted by atomic mass is 10.2. The number of benzene rings is 1. The fraction of sp³-hybridized carbons (Fsp3) is 0.333. The van der Waals surface area contributed by atoms with E-state index in [4.69, 9.17) is 11.6 Å². The highest BCUT2D eigenvalue weighted by molar-refractivity contribution is 6.32. The van der Waals surface area contributed by atoms with Crippen LogP contribution in [0.15, 0.2) is 42.6 Å². The van der Waals surface area contributed by atoms with Crippen LogP contribution in [-0.2, 0) is 4.79 Å². The average Bonchev–Trinajstić information content (AvgIpc) is 2.65. The Morgan fingerprint density at radius 2 is 2.00 bits per heavy atom. The number of carbonyl (C=O) groups excluding carboxylic acids is 1. The maximum atomic E-state index is 12.2. The minimum Gasteiger partial charge on any atom is -0.433 e. The van der Waals surface area contributed by atoms with E-state index in [1.165, 1.54) is 18.2 Å². The summed E-state index contributed by atoms with van der Waals surface area (Å²) in [7, 11) is 0. The zero-order valence-corrected chi connectivity index (χ0v) is 15.2. The van der Waals surface area contributed by atoms with Crippen molar-refractivity contribution in [1.29, 1.82) is 0 Å². The van der Waals surface area contributed by atoms with Gasteiger partial charge < -0.3 is 15.0 Å². The molecule has 1 fully saturated rings. The molecular weight excluding hydrogens is 378 g/mol. The number of aromatic nitrogens is 1. The molecule has 0 atom stereocenters. The first kappa shape index (κ1) is 19.3. The lowest BCUT2D eigenvalue weighted by Gasteiger charge is -2.34. The first-order valence-electron chi connectivity index (χ1n) is 8.44. The molecule has 1 amide bonds. The molecule has 9 heteroatoms. The zero-order chi connectivity index (χ0) is 19.2. The van der Waals surface area contributed by atoms with E-state index in [1.807, 2.05) is 23.1 Å². The minimum absolute atomic E-state index is 0.0112.